The second-order valence-corrected chi connectivity index (χ2v) is 14.4. The van der Waals surface area contributed by atoms with E-state index in [4.69, 9.17) is 0 Å². The normalized spacial score (nSPS) is 47.9. The Morgan fingerprint density at radius 1 is 1.18 bits per heavy atom. The third-order valence-corrected chi connectivity index (χ3v) is 13.1. The van der Waals surface area contributed by atoms with Crippen molar-refractivity contribution in [1.82, 2.24) is 4.90 Å². The first-order valence-corrected chi connectivity index (χ1v) is 15.4. The van der Waals surface area contributed by atoms with E-state index in [2.05, 4.69) is 24.0 Å². The number of allylic oxidation sites excluding steroid dienone is 2. The van der Waals surface area contributed by atoms with Gasteiger partial charge in [0, 0.05) is 36.3 Å². The van der Waals surface area contributed by atoms with Crippen molar-refractivity contribution in [3.63, 3.8) is 0 Å². The lowest BCUT2D eigenvalue weighted by Crippen LogP contribution is -2.74. The average molecular weight is 554 g/mol. The van der Waals surface area contributed by atoms with Gasteiger partial charge in [0.2, 0.25) is 0 Å². The molecule has 218 valence electrons. The smallest absolute Gasteiger partial charge is 0.311 e. The van der Waals surface area contributed by atoms with E-state index in [0.717, 1.165) is 19.4 Å². The van der Waals surface area contributed by atoms with Crippen molar-refractivity contribution in [2.24, 2.45) is 45.3 Å². The number of carbonyl (C=O) groups excluding carboxylic acids is 1. The molecule has 4 aliphatic carbocycles. The molecule has 0 bridgehead atoms. The molecular formula is C34H45F2NO3. The molecule has 1 aromatic carbocycles. The SMILES string of the molecule is CCC12C[C@H](F)C3CC(=O)C=C[C@]3(C)[C@@]1(F)[C@@H](C)C[C@@]1(C)[C@H]2C[C@H]2CN(CCCc3ccccc3)C[C@]21C(=O)O. The van der Waals surface area contributed by atoms with Crippen LogP contribution in [0.2, 0.25) is 0 Å². The molecule has 1 aromatic rings. The molecule has 4 fully saturated rings. The molecule has 3 saturated carbocycles. The minimum absolute atomic E-state index is 0.0495. The van der Waals surface area contributed by atoms with E-state index in [9.17, 15) is 14.7 Å². The molecule has 0 aromatic heterocycles. The summed E-state index contributed by atoms with van der Waals surface area (Å²) in [6, 6.07) is 10.4. The minimum Gasteiger partial charge on any atom is -0.481 e. The second-order valence-electron chi connectivity index (χ2n) is 14.4. The molecule has 2 unspecified atom stereocenters. The van der Waals surface area contributed by atoms with Crippen LogP contribution < -0.4 is 0 Å². The summed E-state index contributed by atoms with van der Waals surface area (Å²) in [5.74, 6) is -2.32. The van der Waals surface area contributed by atoms with Crippen molar-refractivity contribution in [2.45, 2.75) is 84.5 Å². The number of likely N-dealkylation sites (tertiary alicyclic amines) is 1. The summed E-state index contributed by atoms with van der Waals surface area (Å²) < 4.78 is 34.5. The van der Waals surface area contributed by atoms with Gasteiger partial charge in [-0.05, 0) is 79.9 Å². The minimum atomic E-state index is -1.71. The van der Waals surface area contributed by atoms with Crippen LogP contribution in [-0.4, -0.2) is 53.2 Å². The van der Waals surface area contributed by atoms with E-state index in [1.54, 1.807) is 6.08 Å². The Balaban J connectivity index is 1.35. The number of rotatable bonds is 6. The van der Waals surface area contributed by atoms with E-state index in [1.807, 2.05) is 39.0 Å². The Kier molecular flexibility index (Phi) is 6.46. The number of fused-ring (bicyclic) bond motifs is 7. The fourth-order valence-electron chi connectivity index (χ4n) is 11.6. The summed E-state index contributed by atoms with van der Waals surface area (Å²) in [4.78, 5) is 28.0. The summed E-state index contributed by atoms with van der Waals surface area (Å²) >= 11 is 0. The molecule has 5 aliphatic rings. The van der Waals surface area contributed by atoms with Crippen LogP contribution in [-0.2, 0) is 16.0 Å². The van der Waals surface area contributed by atoms with Crippen LogP contribution in [0.1, 0.15) is 71.8 Å². The van der Waals surface area contributed by atoms with E-state index >= 15 is 8.78 Å². The molecule has 0 amide bonds. The van der Waals surface area contributed by atoms with Crippen molar-refractivity contribution < 1.29 is 23.5 Å². The van der Waals surface area contributed by atoms with Crippen LogP contribution in [0.5, 0.6) is 0 Å². The highest BCUT2D eigenvalue weighted by atomic mass is 19.1. The second kappa shape index (κ2) is 9.21. The lowest BCUT2D eigenvalue weighted by molar-refractivity contribution is -0.273. The van der Waals surface area contributed by atoms with Gasteiger partial charge in [-0.3, -0.25) is 9.59 Å². The van der Waals surface area contributed by atoms with Crippen LogP contribution in [0.25, 0.3) is 0 Å². The first-order chi connectivity index (χ1) is 18.9. The van der Waals surface area contributed by atoms with Crippen LogP contribution in [0, 0.1) is 45.3 Å². The summed E-state index contributed by atoms with van der Waals surface area (Å²) in [6.45, 7) is 9.89. The highest BCUT2D eigenvalue weighted by molar-refractivity contribution is 5.91. The Morgan fingerprint density at radius 2 is 1.90 bits per heavy atom. The predicted octanol–water partition coefficient (Wildman–Crippen LogP) is 6.69. The quantitative estimate of drug-likeness (QED) is 0.427. The fraction of sp³-hybridized carbons (Fsp3) is 0.706. The Bertz CT molecular complexity index is 1220. The van der Waals surface area contributed by atoms with Crippen molar-refractivity contribution in [1.29, 1.82) is 0 Å². The van der Waals surface area contributed by atoms with E-state index in [1.165, 1.54) is 11.6 Å². The average Bonchev–Trinajstić information content (AvgIpc) is 3.41. The zero-order valence-corrected chi connectivity index (χ0v) is 24.5. The Hall–Kier alpha value is -2.08. The third kappa shape index (κ3) is 3.32. The zero-order chi connectivity index (χ0) is 28.7. The van der Waals surface area contributed by atoms with E-state index in [-0.39, 0.29) is 30.5 Å². The largest absolute Gasteiger partial charge is 0.481 e. The van der Waals surface area contributed by atoms with Gasteiger partial charge >= 0.3 is 5.97 Å². The zero-order valence-electron chi connectivity index (χ0n) is 24.5. The number of halogens is 2. The molecule has 10 atom stereocenters. The standard InChI is InChI=1S/C34H45F2NO3/c1-5-32-19-27(35)26-17-25(38)13-14-30(26,3)34(32,36)22(2)18-31(4)28(32)16-24-20-37(21-33(24,31)29(39)40)15-9-12-23-10-7-6-8-11-23/h6-8,10-11,13-14,22,24,26-28H,5,9,12,15-21H2,1-4H3,(H,39,40)/t22-,24-,26?,27-,28+,30-,31-,32?,33+,34-/m0/s1. The lowest BCUT2D eigenvalue weighted by atomic mass is 9.34. The van der Waals surface area contributed by atoms with Gasteiger partial charge in [0.15, 0.2) is 5.78 Å². The molecule has 1 saturated heterocycles. The van der Waals surface area contributed by atoms with E-state index in [0.29, 0.717) is 32.4 Å². The van der Waals surface area contributed by atoms with Crippen molar-refractivity contribution in [3.8, 4) is 0 Å². The van der Waals surface area contributed by atoms with Crippen LogP contribution in [0.15, 0.2) is 42.5 Å². The lowest BCUT2D eigenvalue weighted by Gasteiger charge is -2.71. The summed E-state index contributed by atoms with van der Waals surface area (Å²) in [5.41, 5.74) is -4.09. The number of hydrogen-bond acceptors (Lipinski definition) is 3. The molecule has 0 radical (unpaired) electrons. The number of alkyl halides is 2. The van der Waals surface area contributed by atoms with Crippen molar-refractivity contribution >= 4 is 11.8 Å². The number of ketones is 1. The highest BCUT2D eigenvalue weighted by Gasteiger charge is 2.82. The van der Waals surface area contributed by atoms with Crippen LogP contribution >= 0.6 is 0 Å². The maximum atomic E-state index is 18.3. The maximum absolute atomic E-state index is 18.3. The molecule has 1 N–H and O–H groups in total. The highest BCUT2D eigenvalue weighted by Crippen LogP contribution is 2.80. The first kappa shape index (κ1) is 28.1. The number of aryl methyl sites for hydroxylation is 1. The molecule has 1 heterocycles. The van der Waals surface area contributed by atoms with Gasteiger partial charge in [0.25, 0.3) is 0 Å². The molecule has 1 aliphatic heterocycles. The summed E-state index contributed by atoms with van der Waals surface area (Å²) in [7, 11) is 0. The number of carbonyl (C=O) groups is 2. The molecule has 0 spiro atoms. The fourth-order valence-corrected chi connectivity index (χ4v) is 11.6. The molecule has 6 rings (SSSR count). The van der Waals surface area contributed by atoms with Crippen molar-refractivity contribution in [3.05, 3.63) is 48.0 Å². The summed E-state index contributed by atoms with van der Waals surface area (Å²) in [5, 5.41) is 11.0. The first-order valence-electron chi connectivity index (χ1n) is 15.4. The maximum Gasteiger partial charge on any atom is 0.311 e. The van der Waals surface area contributed by atoms with Gasteiger partial charge in [-0.25, -0.2) is 8.78 Å². The number of hydrogen-bond donors (Lipinski definition) is 1. The van der Waals surface area contributed by atoms with E-state index < -0.39 is 51.3 Å². The number of nitrogens with zero attached hydrogens (tertiary/aromatic N) is 1. The molecular weight excluding hydrogens is 508 g/mol. The van der Waals surface area contributed by atoms with Gasteiger partial charge in [-0.15, -0.1) is 0 Å². The van der Waals surface area contributed by atoms with Gasteiger partial charge < -0.3 is 10.0 Å². The van der Waals surface area contributed by atoms with Crippen molar-refractivity contribution in [2.75, 3.05) is 19.6 Å². The molecule has 40 heavy (non-hydrogen) atoms. The van der Waals surface area contributed by atoms with Gasteiger partial charge in [0.05, 0.1) is 5.41 Å². The number of benzene rings is 1. The molecule has 4 nitrogen and oxygen atoms in total. The molecule has 6 heteroatoms. The Morgan fingerprint density at radius 3 is 2.58 bits per heavy atom. The van der Waals surface area contributed by atoms with Gasteiger partial charge in [0.1, 0.15) is 11.8 Å². The summed E-state index contributed by atoms with van der Waals surface area (Å²) in [6.07, 6.45) is 5.50. The third-order valence-electron chi connectivity index (χ3n) is 13.1. The van der Waals surface area contributed by atoms with Crippen LogP contribution in [0.3, 0.4) is 0 Å². The number of carboxylic acid groups (broad SMARTS) is 1. The topological polar surface area (TPSA) is 57.6 Å². The van der Waals surface area contributed by atoms with Gasteiger partial charge in [-0.2, -0.15) is 0 Å². The van der Waals surface area contributed by atoms with Gasteiger partial charge in [-0.1, -0.05) is 64.1 Å². The Labute approximate surface area is 237 Å². The van der Waals surface area contributed by atoms with Crippen LogP contribution in [0.4, 0.5) is 8.78 Å². The monoisotopic (exact) mass is 553 g/mol. The number of carboxylic acids is 1. The predicted molar refractivity (Wildman–Crippen MR) is 151 cm³/mol. The number of aliphatic carboxylic acids is 1.